The molecule has 0 radical (unpaired) electrons. The summed E-state index contributed by atoms with van der Waals surface area (Å²) >= 11 is 0. The van der Waals surface area contributed by atoms with Gasteiger partial charge in [-0.2, -0.15) is 0 Å². The summed E-state index contributed by atoms with van der Waals surface area (Å²) in [4.78, 5) is 9.08. The lowest BCUT2D eigenvalue weighted by Crippen LogP contribution is -2.38. The molecule has 1 aliphatic carbocycles. The van der Waals surface area contributed by atoms with Gasteiger partial charge in [0.05, 0.1) is 6.54 Å². The molecule has 0 spiro atoms. The predicted octanol–water partition coefficient (Wildman–Crippen LogP) is 3.32. The highest BCUT2D eigenvalue weighted by atomic mass is 127. The molecule has 2 heterocycles. The molecule has 0 aliphatic heterocycles. The van der Waals surface area contributed by atoms with Crippen LogP contribution in [0.25, 0.3) is 0 Å². The second-order valence-corrected chi connectivity index (χ2v) is 7.30. The zero-order valence-electron chi connectivity index (χ0n) is 18.0. The SMILES string of the molecule is CCNC(=NCc1ccnc(OC2CCCCC2)c1)NCCn1cnnc1CC.I. The number of hydrogen-bond donors (Lipinski definition) is 2. The Morgan fingerprint density at radius 1 is 1.23 bits per heavy atom. The van der Waals surface area contributed by atoms with E-state index in [0.717, 1.165) is 56.2 Å². The number of aliphatic imine (C=N–C) groups is 1. The van der Waals surface area contributed by atoms with Crippen LogP contribution in [0, 0.1) is 0 Å². The van der Waals surface area contributed by atoms with Gasteiger partial charge in [0.1, 0.15) is 18.3 Å². The Hall–Kier alpha value is -1.91. The molecular weight excluding hydrogens is 493 g/mol. The lowest BCUT2D eigenvalue weighted by Gasteiger charge is -2.22. The minimum Gasteiger partial charge on any atom is -0.474 e. The Labute approximate surface area is 196 Å². The number of halogens is 1. The summed E-state index contributed by atoms with van der Waals surface area (Å²) in [5.74, 6) is 2.50. The standard InChI is InChI=1S/C21H33N7O.HI/c1-3-19-27-26-16-28(19)13-12-24-21(22-4-2)25-15-17-10-11-23-20(14-17)29-18-8-6-5-7-9-18;/h10-11,14,16,18H,3-9,12-13,15H2,1-2H3,(H2,22,24,25);1H. The first kappa shape index (κ1) is 24.4. The van der Waals surface area contributed by atoms with Crippen LogP contribution < -0.4 is 15.4 Å². The summed E-state index contributed by atoms with van der Waals surface area (Å²) in [5, 5.41) is 14.8. The molecule has 0 amide bonds. The number of rotatable bonds is 9. The van der Waals surface area contributed by atoms with E-state index in [4.69, 9.17) is 9.73 Å². The summed E-state index contributed by atoms with van der Waals surface area (Å²) < 4.78 is 8.14. The van der Waals surface area contributed by atoms with Gasteiger partial charge in [-0.1, -0.05) is 13.3 Å². The number of aromatic nitrogens is 4. The Bertz CT molecular complexity index is 774. The highest BCUT2D eigenvalue weighted by molar-refractivity contribution is 14.0. The van der Waals surface area contributed by atoms with E-state index >= 15 is 0 Å². The number of ether oxygens (including phenoxy) is 1. The first-order chi connectivity index (χ1) is 14.3. The molecule has 166 valence electrons. The van der Waals surface area contributed by atoms with Crippen LogP contribution in [-0.4, -0.2) is 44.9 Å². The zero-order valence-corrected chi connectivity index (χ0v) is 20.3. The van der Waals surface area contributed by atoms with Gasteiger partial charge in [-0.15, -0.1) is 34.2 Å². The van der Waals surface area contributed by atoms with Crippen molar-refractivity contribution in [3.63, 3.8) is 0 Å². The molecule has 0 saturated heterocycles. The molecule has 1 aliphatic rings. The van der Waals surface area contributed by atoms with Crippen molar-refractivity contribution in [3.05, 3.63) is 36.0 Å². The number of guanidine groups is 1. The third-order valence-corrected chi connectivity index (χ3v) is 5.06. The van der Waals surface area contributed by atoms with E-state index in [1.54, 1.807) is 6.33 Å². The van der Waals surface area contributed by atoms with Crippen molar-refractivity contribution in [2.45, 2.75) is 71.6 Å². The fourth-order valence-electron chi connectivity index (χ4n) is 3.51. The van der Waals surface area contributed by atoms with Crippen LogP contribution in [0.4, 0.5) is 0 Å². The van der Waals surface area contributed by atoms with Gasteiger partial charge in [0.25, 0.3) is 0 Å². The van der Waals surface area contributed by atoms with Gasteiger partial charge >= 0.3 is 0 Å². The lowest BCUT2D eigenvalue weighted by atomic mass is 9.98. The van der Waals surface area contributed by atoms with Crippen LogP contribution >= 0.6 is 24.0 Å². The lowest BCUT2D eigenvalue weighted by molar-refractivity contribution is 0.148. The van der Waals surface area contributed by atoms with Gasteiger partial charge in [0.2, 0.25) is 5.88 Å². The van der Waals surface area contributed by atoms with Crippen LogP contribution in [-0.2, 0) is 19.5 Å². The average molecular weight is 527 g/mol. The van der Waals surface area contributed by atoms with Crippen LogP contribution in [0.15, 0.2) is 29.6 Å². The highest BCUT2D eigenvalue weighted by Gasteiger charge is 2.15. The van der Waals surface area contributed by atoms with Crippen LogP contribution in [0.5, 0.6) is 5.88 Å². The van der Waals surface area contributed by atoms with Crippen molar-refractivity contribution < 1.29 is 4.74 Å². The van der Waals surface area contributed by atoms with Crippen molar-refractivity contribution in [2.24, 2.45) is 4.99 Å². The summed E-state index contributed by atoms with van der Waals surface area (Å²) in [6, 6.07) is 4.00. The van der Waals surface area contributed by atoms with E-state index in [1.165, 1.54) is 19.3 Å². The Morgan fingerprint density at radius 3 is 2.83 bits per heavy atom. The molecule has 0 aromatic carbocycles. The highest BCUT2D eigenvalue weighted by Crippen LogP contribution is 2.22. The van der Waals surface area contributed by atoms with Crippen molar-refractivity contribution in [3.8, 4) is 5.88 Å². The molecule has 2 aromatic heterocycles. The molecule has 0 bridgehead atoms. The third-order valence-electron chi connectivity index (χ3n) is 5.06. The van der Waals surface area contributed by atoms with Crippen molar-refractivity contribution in [2.75, 3.05) is 13.1 Å². The number of nitrogens with zero attached hydrogens (tertiary/aromatic N) is 5. The molecular formula is C21H34IN7O. The van der Waals surface area contributed by atoms with E-state index < -0.39 is 0 Å². The van der Waals surface area contributed by atoms with Gasteiger partial charge in [-0.25, -0.2) is 9.98 Å². The van der Waals surface area contributed by atoms with Crippen molar-refractivity contribution in [1.29, 1.82) is 0 Å². The Morgan fingerprint density at radius 2 is 2.07 bits per heavy atom. The number of hydrogen-bond acceptors (Lipinski definition) is 5. The zero-order chi connectivity index (χ0) is 20.3. The molecule has 3 rings (SSSR count). The smallest absolute Gasteiger partial charge is 0.213 e. The molecule has 1 fully saturated rings. The predicted molar refractivity (Wildman–Crippen MR) is 129 cm³/mol. The van der Waals surface area contributed by atoms with Crippen molar-refractivity contribution in [1.82, 2.24) is 30.4 Å². The maximum Gasteiger partial charge on any atom is 0.213 e. The minimum absolute atomic E-state index is 0. The first-order valence-corrected chi connectivity index (χ1v) is 10.8. The number of nitrogens with one attached hydrogen (secondary N) is 2. The molecule has 1 saturated carbocycles. The molecule has 8 nitrogen and oxygen atoms in total. The first-order valence-electron chi connectivity index (χ1n) is 10.8. The summed E-state index contributed by atoms with van der Waals surface area (Å²) in [5.41, 5.74) is 1.09. The van der Waals surface area contributed by atoms with E-state index in [2.05, 4.69) is 44.2 Å². The molecule has 2 N–H and O–H groups in total. The fraction of sp³-hybridized carbons (Fsp3) is 0.619. The number of pyridine rings is 1. The maximum atomic E-state index is 6.07. The van der Waals surface area contributed by atoms with Gasteiger partial charge in [-0.05, 0) is 44.2 Å². The van der Waals surface area contributed by atoms with E-state index in [-0.39, 0.29) is 24.0 Å². The van der Waals surface area contributed by atoms with E-state index in [0.29, 0.717) is 18.5 Å². The van der Waals surface area contributed by atoms with Gasteiger partial charge in [0.15, 0.2) is 5.96 Å². The monoisotopic (exact) mass is 527 g/mol. The maximum absolute atomic E-state index is 6.07. The largest absolute Gasteiger partial charge is 0.474 e. The summed E-state index contributed by atoms with van der Waals surface area (Å²) in [6.07, 6.45) is 10.8. The molecule has 0 atom stereocenters. The van der Waals surface area contributed by atoms with Gasteiger partial charge in [0, 0.05) is 38.3 Å². The van der Waals surface area contributed by atoms with Crippen molar-refractivity contribution >= 4 is 29.9 Å². The van der Waals surface area contributed by atoms with Gasteiger partial charge in [-0.3, -0.25) is 0 Å². The molecule has 30 heavy (non-hydrogen) atoms. The fourth-order valence-corrected chi connectivity index (χ4v) is 3.51. The van der Waals surface area contributed by atoms with E-state index in [9.17, 15) is 0 Å². The molecule has 2 aromatic rings. The van der Waals surface area contributed by atoms with E-state index in [1.807, 2.05) is 18.3 Å². The normalized spacial score (nSPS) is 14.8. The number of aryl methyl sites for hydroxylation is 1. The second-order valence-electron chi connectivity index (χ2n) is 7.30. The van der Waals surface area contributed by atoms with Crippen LogP contribution in [0.3, 0.4) is 0 Å². The topological polar surface area (TPSA) is 89.3 Å². The average Bonchev–Trinajstić information content (AvgIpc) is 3.20. The molecule has 9 heteroatoms. The second kappa shape index (κ2) is 13.4. The van der Waals surface area contributed by atoms with Gasteiger partial charge < -0.3 is 19.9 Å². The molecule has 0 unspecified atom stereocenters. The Kier molecular flexibility index (Phi) is 10.9. The Balaban J connectivity index is 0.00000320. The van der Waals surface area contributed by atoms with Crippen LogP contribution in [0.1, 0.15) is 57.3 Å². The third kappa shape index (κ3) is 7.73. The summed E-state index contributed by atoms with van der Waals surface area (Å²) in [6.45, 7) is 7.09. The minimum atomic E-state index is 0. The van der Waals surface area contributed by atoms with Crippen LogP contribution in [0.2, 0.25) is 0 Å². The summed E-state index contributed by atoms with van der Waals surface area (Å²) in [7, 11) is 0. The quantitative estimate of drug-likeness (QED) is 0.296.